The van der Waals surface area contributed by atoms with Gasteiger partial charge in [0, 0.05) is 5.69 Å². The van der Waals surface area contributed by atoms with E-state index in [9.17, 15) is 0 Å². The van der Waals surface area contributed by atoms with E-state index >= 15 is 0 Å². The van der Waals surface area contributed by atoms with Crippen molar-refractivity contribution < 1.29 is 0 Å². The van der Waals surface area contributed by atoms with Gasteiger partial charge in [-0.05, 0) is 22.9 Å². The molecule has 1 aromatic rings. The van der Waals surface area contributed by atoms with Crippen LogP contribution >= 0.6 is 28.1 Å². The first-order chi connectivity index (χ1) is 4.22. The molecule has 48 valence electrons. The third kappa shape index (κ3) is 1.37. The Morgan fingerprint density at radius 3 is 2.89 bits per heavy atom. The molecule has 0 saturated carbocycles. The summed E-state index contributed by atoms with van der Waals surface area (Å²) in [5.41, 5.74) is 1.01. The zero-order valence-corrected chi connectivity index (χ0v) is 7.21. The van der Waals surface area contributed by atoms with Gasteiger partial charge in [0.2, 0.25) is 0 Å². The molecule has 0 aliphatic rings. The molecule has 0 atom stereocenters. The van der Waals surface area contributed by atoms with Crippen LogP contribution in [0.1, 0.15) is 5.69 Å². The van der Waals surface area contributed by atoms with E-state index < -0.39 is 0 Å². The van der Waals surface area contributed by atoms with E-state index in [0.717, 1.165) is 10.2 Å². The molecule has 0 radical (unpaired) electrons. The Bertz CT molecular complexity index is 268. The molecule has 0 spiro atoms. The molecule has 0 aliphatic heterocycles. The molecule has 0 bridgehead atoms. The molecule has 0 aliphatic carbocycles. The molecule has 0 saturated heterocycles. The van der Waals surface area contributed by atoms with Crippen molar-refractivity contribution in [2.24, 2.45) is 0 Å². The van der Waals surface area contributed by atoms with Crippen LogP contribution in [0.3, 0.4) is 0 Å². The number of aromatic nitrogens is 2. The van der Waals surface area contributed by atoms with Gasteiger partial charge in [0.15, 0.2) is 0 Å². The molecule has 1 aromatic heterocycles. The van der Waals surface area contributed by atoms with E-state index in [-0.39, 0.29) is 0 Å². The number of hydrogen-bond acceptors (Lipinski definition) is 2. The lowest BCUT2D eigenvalue weighted by Crippen LogP contribution is -1.84. The molecule has 2 nitrogen and oxygen atoms in total. The highest BCUT2D eigenvalue weighted by atomic mass is 79.9. The van der Waals surface area contributed by atoms with Gasteiger partial charge in [-0.15, -0.1) is 0 Å². The number of rotatable bonds is 0. The normalized spacial score (nSPS) is 9.56. The van der Waals surface area contributed by atoms with Gasteiger partial charge < -0.3 is 4.98 Å². The number of nitrogens with one attached hydrogen (secondary N) is 1. The quantitative estimate of drug-likeness (QED) is 0.657. The largest absolute Gasteiger partial charge is 0.349 e. The van der Waals surface area contributed by atoms with E-state index in [4.69, 9.17) is 12.2 Å². The molecule has 1 heterocycles. The number of halogens is 1. The van der Waals surface area contributed by atoms with Crippen molar-refractivity contribution in [1.82, 2.24) is 9.97 Å². The van der Waals surface area contributed by atoms with Crippen LogP contribution in [0.15, 0.2) is 10.8 Å². The number of aryl methyl sites for hydroxylation is 1. The summed E-state index contributed by atoms with van der Waals surface area (Å²) in [6.07, 6.45) is 1.59. The summed E-state index contributed by atoms with van der Waals surface area (Å²) in [5, 5.41) is 0. The van der Waals surface area contributed by atoms with Gasteiger partial charge in [0.1, 0.15) is 4.64 Å². The molecule has 1 rings (SSSR count). The second-order valence-corrected chi connectivity index (χ2v) is 2.83. The number of aromatic amines is 1. The second kappa shape index (κ2) is 2.58. The molecule has 0 unspecified atom stereocenters. The Hall–Kier alpha value is -0.220. The summed E-state index contributed by atoms with van der Waals surface area (Å²) in [7, 11) is 0. The van der Waals surface area contributed by atoms with Crippen molar-refractivity contribution in [3.05, 3.63) is 21.1 Å². The SMILES string of the molecule is Cc1[nH]cnc(=S)c1Br. The van der Waals surface area contributed by atoms with Crippen molar-refractivity contribution in [2.45, 2.75) is 6.92 Å². The van der Waals surface area contributed by atoms with Crippen molar-refractivity contribution >= 4 is 28.1 Å². The average molecular weight is 205 g/mol. The lowest BCUT2D eigenvalue weighted by molar-refractivity contribution is 1.07. The van der Waals surface area contributed by atoms with Crippen LogP contribution in [0, 0.1) is 11.6 Å². The van der Waals surface area contributed by atoms with Crippen LogP contribution in [-0.2, 0) is 0 Å². The van der Waals surface area contributed by atoms with Crippen LogP contribution in [0.2, 0.25) is 0 Å². The maximum atomic E-state index is 4.86. The topological polar surface area (TPSA) is 28.7 Å². The van der Waals surface area contributed by atoms with Crippen molar-refractivity contribution in [2.75, 3.05) is 0 Å². The molecular weight excluding hydrogens is 200 g/mol. The van der Waals surface area contributed by atoms with Gasteiger partial charge in [-0.1, -0.05) is 12.2 Å². The monoisotopic (exact) mass is 204 g/mol. The number of H-pyrrole nitrogens is 1. The minimum atomic E-state index is 0.603. The van der Waals surface area contributed by atoms with E-state index in [2.05, 4.69) is 25.9 Å². The summed E-state index contributed by atoms with van der Waals surface area (Å²) in [5.74, 6) is 0. The van der Waals surface area contributed by atoms with Crippen molar-refractivity contribution in [3.63, 3.8) is 0 Å². The zero-order valence-electron chi connectivity index (χ0n) is 4.81. The number of hydrogen-bond donors (Lipinski definition) is 1. The van der Waals surface area contributed by atoms with E-state index in [0.29, 0.717) is 4.64 Å². The maximum absolute atomic E-state index is 4.86. The second-order valence-electron chi connectivity index (χ2n) is 1.65. The lowest BCUT2D eigenvalue weighted by Gasteiger charge is -1.93. The predicted molar refractivity (Wildman–Crippen MR) is 41.9 cm³/mol. The lowest BCUT2D eigenvalue weighted by atomic mass is 10.5. The summed E-state index contributed by atoms with van der Waals surface area (Å²) >= 11 is 8.14. The number of nitrogens with zero attached hydrogens (tertiary/aromatic N) is 1. The Balaban J connectivity index is 3.43. The maximum Gasteiger partial charge on any atom is 0.143 e. The first-order valence-electron chi connectivity index (χ1n) is 2.41. The average Bonchev–Trinajstić information content (AvgIpc) is 1.83. The highest BCUT2D eigenvalue weighted by Gasteiger charge is 1.93. The van der Waals surface area contributed by atoms with Gasteiger partial charge in [0.25, 0.3) is 0 Å². The first-order valence-corrected chi connectivity index (χ1v) is 3.61. The Labute approximate surface area is 66.5 Å². The van der Waals surface area contributed by atoms with Crippen LogP contribution in [0.5, 0.6) is 0 Å². The van der Waals surface area contributed by atoms with Crippen molar-refractivity contribution in [1.29, 1.82) is 0 Å². The molecule has 9 heavy (non-hydrogen) atoms. The van der Waals surface area contributed by atoms with Gasteiger partial charge in [0.05, 0.1) is 10.8 Å². The molecular formula is C5H5BrN2S. The van der Waals surface area contributed by atoms with Crippen LogP contribution < -0.4 is 0 Å². The molecule has 1 N–H and O–H groups in total. The van der Waals surface area contributed by atoms with E-state index in [1.807, 2.05) is 6.92 Å². The minimum absolute atomic E-state index is 0.603. The van der Waals surface area contributed by atoms with Crippen molar-refractivity contribution in [3.8, 4) is 0 Å². The first kappa shape index (κ1) is 6.89. The van der Waals surface area contributed by atoms with Crippen LogP contribution in [0.25, 0.3) is 0 Å². The minimum Gasteiger partial charge on any atom is -0.349 e. The van der Waals surface area contributed by atoms with Crippen LogP contribution in [0.4, 0.5) is 0 Å². The molecule has 4 heteroatoms. The smallest absolute Gasteiger partial charge is 0.143 e. The summed E-state index contributed by atoms with van der Waals surface area (Å²) in [6.45, 7) is 1.93. The predicted octanol–water partition coefficient (Wildman–Crippen LogP) is 2.21. The Morgan fingerprint density at radius 2 is 2.44 bits per heavy atom. The van der Waals surface area contributed by atoms with Crippen LogP contribution in [-0.4, -0.2) is 9.97 Å². The Morgan fingerprint density at radius 1 is 1.78 bits per heavy atom. The van der Waals surface area contributed by atoms with E-state index in [1.54, 1.807) is 6.33 Å². The zero-order chi connectivity index (χ0) is 6.85. The molecule has 0 amide bonds. The summed E-state index contributed by atoms with van der Waals surface area (Å²) < 4.78 is 1.48. The Kier molecular flexibility index (Phi) is 1.97. The third-order valence-electron chi connectivity index (χ3n) is 0.980. The fourth-order valence-electron chi connectivity index (χ4n) is 0.468. The highest BCUT2D eigenvalue weighted by molar-refractivity contribution is 9.10. The fraction of sp³-hybridized carbons (Fsp3) is 0.200. The van der Waals surface area contributed by atoms with Gasteiger partial charge in [-0.2, -0.15) is 0 Å². The van der Waals surface area contributed by atoms with Gasteiger partial charge >= 0.3 is 0 Å². The molecule has 0 aromatic carbocycles. The van der Waals surface area contributed by atoms with E-state index in [1.165, 1.54) is 0 Å². The van der Waals surface area contributed by atoms with Gasteiger partial charge in [-0.3, -0.25) is 0 Å². The summed E-state index contributed by atoms with van der Waals surface area (Å²) in [6, 6.07) is 0. The fourth-order valence-corrected chi connectivity index (χ4v) is 0.891. The molecule has 0 fully saturated rings. The highest BCUT2D eigenvalue weighted by Crippen LogP contribution is 2.11. The third-order valence-corrected chi connectivity index (χ3v) is 2.52. The van der Waals surface area contributed by atoms with Gasteiger partial charge in [-0.25, -0.2) is 4.98 Å². The standard InChI is InChI=1S/C5H5BrN2S/c1-3-4(6)5(9)8-2-7-3/h2H,1H3,(H,7,8,9). The summed E-state index contributed by atoms with van der Waals surface area (Å²) in [4.78, 5) is 6.77.